The van der Waals surface area contributed by atoms with Crippen molar-refractivity contribution in [3.05, 3.63) is 34.4 Å². The van der Waals surface area contributed by atoms with Gasteiger partial charge >= 0.3 is 5.69 Å². The number of aromatic amines is 1. The third kappa shape index (κ3) is 3.63. The highest BCUT2D eigenvalue weighted by Gasteiger charge is 2.07. The van der Waals surface area contributed by atoms with E-state index in [0.29, 0.717) is 11.7 Å². The Balaban J connectivity index is 1.95. The topological polar surface area (TPSA) is 75.6 Å². The third-order valence-corrected chi connectivity index (χ3v) is 3.84. The predicted octanol–water partition coefficient (Wildman–Crippen LogP) is 2.10. The molecule has 2 heterocycles. The molecule has 0 bridgehead atoms. The minimum atomic E-state index is -0.160. The number of aromatic nitrogens is 4. The summed E-state index contributed by atoms with van der Waals surface area (Å²) in [5, 5.41) is 10.4. The van der Waals surface area contributed by atoms with Crippen LogP contribution in [0.15, 0.2) is 28.3 Å². The molecular formula is C13H19N5OS. The smallest absolute Gasteiger partial charge is 0.343 e. The van der Waals surface area contributed by atoms with Gasteiger partial charge in [0.05, 0.1) is 0 Å². The Bertz CT molecular complexity index is 590. The van der Waals surface area contributed by atoms with Crippen LogP contribution in [0.3, 0.4) is 0 Å². The monoisotopic (exact) mass is 293 g/mol. The number of nitrogens with one attached hydrogen (secondary N) is 2. The number of anilines is 1. The average molecular weight is 293 g/mol. The van der Waals surface area contributed by atoms with E-state index in [1.54, 1.807) is 4.57 Å². The number of thioether (sulfide) groups is 1. The van der Waals surface area contributed by atoms with Crippen molar-refractivity contribution in [2.75, 3.05) is 11.9 Å². The van der Waals surface area contributed by atoms with Crippen molar-refractivity contribution in [2.45, 2.75) is 37.7 Å². The molecule has 0 saturated carbocycles. The lowest BCUT2D eigenvalue weighted by molar-refractivity contribution is 0.660. The molecule has 2 aromatic heterocycles. The highest BCUT2D eigenvalue weighted by molar-refractivity contribution is 7.98. The second-order valence-electron chi connectivity index (χ2n) is 4.32. The standard InChI is InChI=1S/C13H19N5OS/c1-3-7-14-11-6-5-10(8-15-11)9-20-13-17-16-12(19)18(13)4-2/h5-6,8H,3-4,7,9H2,1-2H3,(H,14,15)(H,16,19). The van der Waals surface area contributed by atoms with Crippen LogP contribution in [0, 0.1) is 0 Å². The highest BCUT2D eigenvalue weighted by atomic mass is 32.2. The lowest BCUT2D eigenvalue weighted by atomic mass is 10.3. The lowest BCUT2D eigenvalue weighted by Crippen LogP contribution is -2.16. The first-order chi connectivity index (χ1) is 9.74. The lowest BCUT2D eigenvalue weighted by Gasteiger charge is -2.05. The fourth-order valence-electron chi connectivity index (χ4n) is 1.71. The Morgan fingerprint density at radius 3 is 2.90 bits per heavy atom. The zero-order chi connectivity index (χ0) is 14.4. The molecule has 108 valence electrons. The van der Waals surface area contributed by atoms with E-state index in [2.05, 4.69) is 27.4 Å². The van der Waals surface area contributed by atoms with Gasteiger partial charge in [-0.2, -0.15) is 0 Å². The fourth-order valence-corrected chi connectivity index (χ4v) is 2.65. The van der Waals surface area contributed by atoms with Gasteiger partial charge in [0.15, 0.2) is 5.16 Å². The Morgan fingerprint density at radius 1 is 1.40 bits per heavy atom. The summed E-state index contributed by atoms with van der Waals surface area (Å²) in [7, 11) is 0. The molecule has 0 spiro atoms. The van der Waals surface area contributed by atoms with Crippen LogP contribution >= 0.6 is 11.8 Å². The number of nitrogens with zero attached hydrogens (tertiary/aromatic N) is 3. The molecule has 0 aliphatic carbocycles. The van der Waals surface area contributed by atoms with E-state index in [-0.39, 0.29) is 5.69 Å². The van der Waals surface area contributed by atoms with Crippen molar-refractivity contribution in [1.82, 2.24) is 19.7 Å². The maximum absolute atomic E-state index is 11.4. The molecule has 0 aliphatic heterocycles. The van der Waals surface area contributed by atoms with Gasteiger partial charge in [0, 0.05) is 25.0 Å². The van der Waals surface area contributed by atoms with Crippen molar-refractivity contribution in [3.63, 3.8) is 0 Å². The minimum Gasteiger partial charge on any atom is -0.370 e. The summed E-state index contributed by atoms with van der Waals surface area (Å²) >= 11 is 1.53. The molecular weight excluding hydrogens is 274 g/mol. The van der Waals surface area contributed by atoms with Gasteiger partial charge in [-0.3, -0.25) is 4.57 Å². The van der Waals surface area contributed by atoms with E-state index in [4.69, 9.17) is 0 Å². The number of pyridine rings is 1. The molecule has 0 fully saturated rings. The van der Waals surface area contributed by atoms with Gasteiger partial charge in [-0.25, -0.2) is 14.9 Å². The Morgan fingerprint density at radius 2 is 2.25 bits per heavy atom. The molecule has 6 nitrogen and oxygen atoms in total. The molecule has 0 aromatic carbocycles. The molecule has 0 unspecified atom stereocenters. The zero-order valence-corrected chi connectivity index (χ0v) is 12.5. The average Bonchev–Trinajstić information content (AvgIpc) is 2.84. The van der Waals surface area contributed by atoms with Gasteiger partial charge in [0.1, 0.15) is 5.82 Å². The summed E-state index contributed by atoms with van der Waals surface area (Å²) in [6, 6.07) is 4.02. The number of hydrogen-bond donors (Lipinski definition) is 2. The van der Waals surface area contributed by atoms with E-state index in [1.807, 2.05) is 25.3 Å². The molecule has 0 radical (unpaired) electrons. The molecule has 7 heteroatoms. The quantitative estimate of drug-likeness (QED) is 0.765. The van der Waals surface area contributed by atoms with E-state index in [1.165, 1.54) is 11.8 Å². The van der Waals surface area contributed by atoms with Crippen LogP contribution in [0.4, 0.5) is 5.82 Å². The molecule has 0 saturated heterocycles. The molecule has 0 amide bonds. The van der Waals surface area contributed by atoms with Gasteiger partial charge < -0.3 is 5.32 Å². The SMILES string of the molecule is CCCNc1ccc(CSc2n[nH]c(=O)n2CC)cn1. The Hall–Kier alpha value is -1.76. The summed E-state index contributed by atoms with van der Waals surface area (Å²) in [4.78, 5) is 15.8. The largest absolute Gasteiger partial charge is 0.370 e. The van der Waals surface area contributed by atoms with Crippen molar-refractivity contribution < 1.29 is 0 Å². The van der Waals surface area contributed by atoms with Gasteiger partial charge in [0.2, 0.25) is 0 Å². The van der Waals surface area contributed by atoms with Gasteiger partial charge in [-0.15, -0.1) is 5.10 Å². The Kier molecular flexibility index (Phi) is 5.23. The van der Waals surface area contributed by atoms with Crippen LogP contribution in [0.5, 0.6) is 0 Å². The molecule has 2 rings (SSSR count). The molecule has 0 aliphatic rings. The van der Waals surface area contributed by atoms with Crippen LogP contribution in [-0.4, -0.2) is 26.3 Å². The van der Waals surface area contributed by atoms with E-state index < -0.39 is 0 Å². The van der Waals surface area contributed by atoms with Gasteiger partial charge in [-0.05, 0) is 25.0 Å². The van der Waals surface area contributed by atoms with Crippen molar-refractivity contribution in [1.29, 1.82) is 0 Å². The summed E-state index contributed by atoms with van der Waals surface area (Å²) in [6.45, 7) is 5.60. The maximum atomic E-state index is 11.4. The maximum Gasteiger partial charge on any atom is 0.343 e. The van der Waals surface area contributed by atoms with Crippen LogP contribution in [-0.2, 0) is 12.3 Å². The van der Waals surface area contributed by atoms with Crippen LogP contribution in [0.25, 0.3) is 0 Å². The summed E-state index contributed by atoms with van der Waals surface area (Å²) in [5.74, 6) is 1.64. The van der Waals surface area contributed by atoms with Crippen molar-refractivity contribution in [3.8, 4) is 0 Å². The van der Waals surface area contributed by atoms with Crippen molar-refractivity contribution in [2.24, 2.45) is 0 Å². The van der Waals surface area contributed by atoms with Gasteiger partial charge in [0.25, 0.3) is 0 Å². The third-order valence-electron chi connectivity index (χ3n) is 2.79. The second-order valence-corrected chi connectivity index (χ2v) is 5.27. The first kappa shape index (κ1) is 14.6. The van der Waals surface area contributed by atoms with Crippen molar-refractivity contribution >= 4 is 17.6 Å². The predicted molar refractivity (Wildman–Crippen MR) is 81.1 cm³/mol. The Labute approximate surface area is 122 Å². The number of H-pyrrole nitrogens is 1. The highest BCUT2D eigenvalue weighted by Crippen LogP contribution is 2.19. The molecule has 2 aromatic rings. The fraction of sp³-hybridized carbons (Fsp3) is 0.462. The number of hydrogen-bond acceptors (Lipinski definition) is 5. The second kappa shape index (κ2) is 7.14. The van der Waals surface area contributed by atoms with Crippen LogP contribution in [0.1, 0.15) is 25.8 Å². The minimum absolute atomic E-state index is 0.160. The van der Waals surface area contributed by atoms with Crippen LogP contribution in [0.2, 0.25) is 0 Å². The zero-order valence-electron chi connectivity index (χ0n) is 11.7. The summed E-state index contributed by atoms with van der Waals surface area (Å²) in [6.07, 6.45) is 2.93. The molecule has 2 N–H and O–H groups in total. The summed E-state index contributed by atoms with van der Waals surface area (Å²) in [5.41, 5.74) is 0.947. The summed E-state index contributed by atoms with van der Waals surface area (Å²) < 4.78 is 1.62. The normalized spacial score (nSPS) is 10.7. The first-order valence-electron chi connectivity index (χ1n) is 6.71. The first-order valence-corrected chi connectivity index (χ1v) is 7.70. The van der Waals surface area contributed by atoms with E-state index >= 15 is 0 Å². The van der Waals surface area contributed by atoms with E-state index in [9.17, 15) is 4.79 Å². The van der Waals surface area contributed by atoms with Crippen LogP contribution < -0.4 is 11.0 Å². The van der Waals surface area contributed by atoms with Gasteiger partial charge in [-0.1, -0.05) is 24.8 Å². The number of rotatable bonds is 7. The molecule has 0 atom stereocenters. The molecule has 20 heavy (non-hydrogen) atoms. The van der Waals surface area contributed by atoms with E-state index in [0.717, 1.165) is 30.1 Å².